The van der Waals surface area contributed by atoms with E-state index in [0.717, 1.165) is 0 Å². The van der Waals surface area contributed by atoms with E-state index >= 15 is 0 Å². The molecule has 3 heterocycles. The van der Waals surface area contributed by atoms with Crippen LogP contribution in [0.15, 0.2) is 24.8 Å². The predicted octanol–water partition coefficient (Wildman–Crippen LogP) is 3.17. The number of aromatic amines is 1. The summed E-state index contributed by atoms with van der Waals surface area (Å²) >= 11 is 6.20. The third-order valence-corrected chi connectivity index (χ3v) is 5.20. The van der Waals surface area contributed by atoms with Gasteiger partial charge in [-0.1, -0.05) is 11.6 Å². The van der Waals surface area contributed by atoms with Gasteiger partial charge in [-0.2, -0.15) is 5.10 Å². The Morgan fingerprint density at radius 1 is 1.38 bits per heavy atom. The Bertz CT molecular complexity index is 1320. The molecule has 11 heteroatoms. The first-order chi connectivity index (χ1) is 14.0. The zero-order chi connectivity index (χ0) is 20.3. The highest BCUT2D eigenvalue weighted by atomic mass is 35.5. The number of imidazole rings is 1. The molecule has 1 aliphatic carbocycles. The molecule has 1 saturated carbocycles. The highest BCUT2D eigenvalue weighted by Crippen LogP contribution is 2.38. The van der Waals surface area contributed by atoms with Crippen molar-refractivity contribution in [3.63, 3.8) is 0 Å². The lowest BCUT2D eigenvalue weighted by atomic mass is 10.0. The monoisotopic (exact) mass is 416 g/mol. The second kappa shape index (κ2) is 6.31. The number of aldehydes is 1. The van der Waals surface area contributed by atoms with Crippen LogP contribution >= 0.6 is 11.6 Å². The molecule has 0 spiro atoms. The summed E-state index contributed by atoms with van der Waals surface area (Å²) in [6.45, 7) is 0. The molecule has 0 bridgehead atoms. The SMILES string of the molecule is O=Cc1c(F)c(Cl)c(-c2cn3cc(NC(=O)C4CC4F)nc3cn2)c2cn[nH]c12. The van der Waals surface area contributed by atoms with Gasteiger partial charge in [-0.25, -0.2) is 13.8 Å². The first kappa shape index (κ1) is 17.7. The molecule has 29 heavy (non-hydrogen) atoms. The minimum atomic E-state index is -1.11. The van der Waals surface area contributed by atoms with Crippen molar-refractivity contribution in [1.82, 2.24) is 24.6 Å². The average Bonchev–Trinajstić information content (AvgIpc) is 3.08. The Balaban J connectivity index is 1.59. The van der Waals surface area contributed by atoms with Gasteiger partial charge in [0.15, 0.2) is 23.6 Å². The van der Waals surface area contributed by atoms with Crippen LogP contribution in [-0.2, 0) is 4.79 Å². The van der Waals surface area contributed by atoms with Crippen LogP contribution < -0.4 is 5.32 Å². The molecule has 1 aliphatic rings. The molecule has 146 valence electrons. The molecule has 0 aliphatic heterocycles. The van der Waals surface area contributed by atoms with E-state index in [2.05, 4.69) is 25.5 Å². The van der Waals surface area contributed by atoms with E-state index in [1.54, 1.807) is 10.6 Å². The minimum Gasteiger partial charge on any atom is -0.309 e. The lowest BCUT2D eigenvalue weighted by molar-refractivity contribution is -0.117. The Kier molecular flexibility index (Phi) is 3.85. The van der Waals surface area contributed by atoms with Gasteiger partial charge < -0.3 is 9.72 Å². The molecule has 5 rings (SSSR count). The molecule has 2 atom stereocenters. The number of nitrogens with one attached hydrogen (secondary N) is 2. The van der Waals surface area contributed by atoms with Crippen LogP contribution in [0.4, 0.5) is 14.6 Å². The molecule has 4 aromatic rings. The summed E-state index contributed by atoms with van der Waals surface area (Å²) in [7, 11) is 0. The number of hydrogen-bond donors (Lipinski definition) is 2. The quantitative estimate of drug-likeness (QED) is 0.497. The third-order valence-electron chi connectivity index (χ3n) is 4.84. The van der Waals surface area contributed by atoms with Gasteiger partial charge in [0.25, 0.3) is 0 Å². The fourth-order valence-corrected chi connectivity index (χ4v) is 3.54. The lowest BCUT2D eigenvalue weighted by Gasteiger charge is -2.09. The Morgan fingerprint density at radius 3 is 2.90 bits per heavy atom. The predicted molar refractivity (Wildman–Crippen MR) is 100 cm³/mol. The van der Waals surface area contributed by atoms with E-state index < -0.39 is 23.8 Å². The van der Waals surface area contributed by atoms with Crippen molar-refractivity contribution >= 4 is 46.2 Å². The third kappa shape index (κ3) is 2.75. The second-order valence-corrected chi connectivity index (χ2v) is 7.08. The number of halogens is 3. The number of amides is 1. The van der Waals surface area contributed by atoms with Crippen LogP contribution in [0.2, 0.25) is 5.02 Å². The van der Waals surface area contributed by atoms with Crippen molar-refractivity contribution < 1.29 is 18.4 Å². The lowest BCUT2D eigenvalue weighted by Crippen LogP contribution is -2.15. The standard InChI is InChI=1S/C18H11ClF2N6O2/c19-15-14(8-2-23-26-17(8)9(6-28)16(15)21)11-4-27-5-12(24-13(27)3-22-11)25-18(29)7-1-10(7)20/h2-7,10H,1H2,(H,23,26)(H,25,29). The van der Waals surface area contributed by atoms with Gasteiger partial charge in [0.05, 0.1) is 46.3 Å². The van der Waals surface area contributed by atoms with Crippen molar-refractivity contribution in [2.24, 2.45) is 5.92 Å². The second-order valence-electron chi connectivity index (χ2n) is 6.70. The molecule has 0 saturated heterocycles. The van der Waals surface area contributed by atoms with Gasteiger partial charge in [0.2, 0.25) is 5.91 Å². The van der Waals surface area contributed by atoms with Gasteiger partial charge in [-0.05, 0) is 6.42 Å². The molecule has 0 radical (unpaired) electrons. The molecule has 8 nitrogen and oxygen atoms in total. The van der Waals surface area contributed by atoms with E-state index in [9.17, 15) is 18.4 Å². The fraction of sp³-hybridized carbons (Fsp3) is 0.167. The van der Waals surface area contributed by atoms with Crippen LogP contribution in [0.25, 0.3) is 27.8 Å². The number of H-pyrrole nitrogens is 1. The number of hydrogen-bond acceptors (Lipinski definition) is 5. The molecule has 1 amide bonds. The first-order valence-electron chi connectivity index (χ1n) is 8.57. The summed E-state index contributed by atoms with van der Waals surface area (Å²) in [6, 6.07) is 0. The summed E-state index contributed by atoms with van der Waals surface area (Å²) in [5.74, 6) is -1.70. The first-order valence-corrected chi connectivity index (χ1v) is 8.95. The molecule has 1 aromatic carbocycles. The van der Waals surface area contributed by atoms with Crippen LogP contribution in [0.5, 0.6) is 0 Å². The topological polar surface area (TPSA) is 105 Å². The smallest absolute Gasteiger partial charge is 0.231 e. The number of alkyl halides is 1. The van der Waals surface area contributed by atoms with Crippen LogP contribution in [0.3, 0.4) is 0 Å². The summed E-state index contributed by atoms with van der Waals surface area (Å²) in [5, 5.41) is 9.20. The molecular weight excluding hydrogens is 406 g/mol. The molecule has 1 fully saturated rings. The Labute approximate surface area is 165 Å². The average molecular weight is 417 g/mol. The number of rotatable bonds is 4. The van der Waals surface area contributed by atoms with Crippen LogP contribution in [0.1, 0.15) is 16.8 Å². The zero-order valence-corrected chi connectivity index (χ0v) is 15.2. The van der Waals surface area contributed by atoms with Gasteiger partial charge in [-0.15, -0.1) is 0 Å². The van der Waals surface area contributed by atoms with E-state index in [-0.39, 0.29) is 33.9 Å². The Morgan fingerprint density at radius 2 is 2.17 bits per heavy atom. The number of fused-ring (bicyclic) bond motifs is 2. The van der Waals surface area contributed by atoms with E-state index in [1.165, 1.54) is 18.6 Å². The van der Waals surface area contributed by atoms with Gasteiger partial charge >= 0.3 is 0 Å². The number of anilines is 1. The normalized spacial score (nSPS) is 18.3. The summed E-state index contributed by atoms with van der Waals surface area (Å²) in [5.41, 5.74) is 0.986. The van der Waals surface area contributed by atoms with Crippen molar-refractivity contribution in [2.75, 3.05) is 5.32 Å². The minimum absolute atomic E-state index is 0.211. The van der Waals surface area contributed by atoms with Crippen molar-refractivity contribution in [2.45, 2.75) is 12.6 Å². The van der Waals surface area contributed by atoms with Gasteiger partial charge in [0, 0.05) is 17.1 Å². The molecule has 2 unspecified atom stereocenters. The Hall–Kier alpha value is -3.40. The van der Waals surface area contributed by atoms with Crippen molar-refractivity contribution in [3.05, 3.63) is 41.2 Å². The largest absolute Gasteiger partial charge is 0.309 e. The fourth-order valence-electron chi connectivity index (χ4n) is 3.24. The van der Waals surface area contributed by atoms with Crippen LogP contribution in [0, 0.1) is 11.7 Å². The molecular formula is C18H11ClF2N6O2. The van der Waals surface area contributed by atoms with E-state index in [1.807, 2.05) is 0 Å². The highest BCUT2D eigenvalue weighted by Gasteiger charge is 2.43. The van der Waals surface area contributed by atoms with Gasteiger partial charge in [-0.3, -0.25) is 19.7 Å². The highest BCUT2D eigenvalue weighted by molar-refractivity contribution is 6.35. The van der Waals surface area contributed by atoms with E-state index in [0.29, 0.717) is 23.0 Å². The number of carbonyl (C=O) groups excluding carboxylic acids is 2. The van der Waals surface area contributed by atoms with E-state index in [4.69, 9.17) is 11.6 Å². The number of benzene rings is 1. The van der Waals surface area contributed by atoms with Crippen LogP contribution in [-0.4, -0.2) is 42.9 Å². The maximum Gasteiger partial charge on any atom is 0.231 e. The summed E-state index contributed by atoms with van der Waals surface area (Å²) in [6.07, 6.45) is 5.42. The maximum atomic E-state index is 14.6. The zero-order valence-electron chi connectivity index (χ0n) is 14.5. The number of aromatic nitrogens is 5. The van der Waals surface area contributed by atoms with Crippen molar-refractivity contribution in [1.29, 1.82) is 0 Å². The molecule has 3 aromatic heterocycles. The summed E-state index contributed by atoms with van der Waals surface area (Å²) < 4.78 is 29.2. The number of carbonyl (C=O) groups is 2. The summed E-state index contributed by atoms with van der Waals surface area (Å²) in [4.78, 5) is 31.6. The van der Waals surface area contributed by atoms with Gasteiger partial charge in [0.1, 0.15) is 6.17 Å². The molecule has 2 N–H and O–H groups in total. The number of nitrogens with zero attached hydrogens (tertiary/aromatic N) is 4. The van der Waals surface area contributed by atoms with Crippen molar-refractivity contribution in [3.8, 4) is 11.3 Å². The maximum absolute atomic E-state index is 14.6.